The van der Waals surface area contributed by atoms with Crippen LogP contribution in [0, 0.1) is 13.8 Å². The van der Waals surface area contributed by atoms with E-state index in [2.05, 4.69) is 33.6 Å². The number of aryl methyl sites for hydroxylation is 2. The van der Waals surface area contributed by atoms with E-state index in [0.717, 1.165) is 49.1 Å². The Morgan fingerprint density at radius 1 is 1.11 bits per heavy atom. The molecule has 5 nitrogen and oxygen atoms in total. The van der Waals surface area contributed by atoms with E-state index in [0.29, 0.717) is 11.6 Å². The Hall–Kier alpha value is -1.89. The van der Waals surface area contributed by atoms with Crippen molar-refractivity contribution in [2.45, 2.75) is 13.8 Å². The zero-order valence-electron chi connectivity index (χ0n) is 15.6. The number of fused-ring (bicyclic) bond motifs is 1. The maximum atomic E-state index is 6.14. The number of nitrogens with zero attached hydrogens (tertiary/aromatic N) is 4. The number of aromatic nitrogens is 2. The van der Waals surface area contributed by atoms with E-state index in [1.807, 2.05) is 24.3 Å². The van der Waals surface area contributed by atoms with Gasteiger partial charge in [-0.2, -0.15) is 0 Å². The van der Waals surface area contributed by atoms with Crippen molar-refractivity contribution >= 4 is 39.0 Å². The fraction of sp³-hybridized carbons (Fsp3) is 0.400. The summed E-state index contributed by atoms with van der Waals surface area (Å²) in [5.74, 6) is 1.83. The van der Waals surface area contributed by atoms with E-state index in [-0.39, 0.29) is 0 Å². The quantitative estimate of drug-likeness (QED) is 0.640. The van der Waals surface area contributed by atoms with E-state index in [4.69, 9.17) is 16.3 Å². The van der Waals surface area contributed by atoms with E-state index in [1.54, 1.807) is 17.7 Å². The molecule has 0 atom stereocenters. The van der Waals surface area contributed by atoms with Crippen LogP contribution in [0.3, 0.4) is 0 Å². The smallest absolute Gasteiger partial charge is 0.141 e. The minimum atomic E-state index is 0.643. The summed E-state index contributed by atoms with van der Waals surface area (Å²) in [7, 11) is 0. The summed E-state index contributed by atoms with van der Waals surface area (Å²) in [6.07, 6.45) is 1.69. The summed E-state index contributed by atoms with van der Waals surface area (Å²) in [5, 5.41) is 1.88. The molecule has 0 spiro atoms. The molecular weight excluding hydrogens is 380 g/mol. The van der Waals surface area contributed by atoms with Gasteiger partial charge in [-0.1, -0.05) is 23.7 Å². The van der Waals surface area contributed by atoms with Gasteiger partial charge >= 0.3 is 0 Å². The summed E-state index contributed by atoms with van der Waals surface area (Å²) in [6.45, 7) is 9.79. The molecule has 7 heteroatoms. The van der Waals surface area contributed by atoms with Crippen LogP contribution in [-0.2, 0) is 0 Å². The molecule has 1 aliphatic heterocycles. The predicted octanol–water partition coefficient (Wildman–Crippen LogP) is 4.16. The number of anilines is 1. The van der Waals surface area contributed by atoms with Gasteiger partial charge < -0.3 is 9.64 Å². The van der Waals surface area contributed by atoms with E-state index >= 15 is 0 Å². The third-order valence-corrected chi connectivity index (χ3v) is 6.55. The highest BCUT2D eigenvalue weighted by atomic mass is 35.5. The lowest BCUT2D eigenvalue weighted by molar-refractivity contribution is 0.200. The molecule has 0 unspecified atom stereocenters. The average Bonchev–Trinajstić information content (AvgIpc) is 2.98. The molecule has 0 amide bonds. The van der Waals surface area contributed by atoms with Crippen LogP contribution in [0.25, 0.3) is 10.2 Å². The second-order valence-corrected chi connectivity index (χ2v) is 8.38. The zero-order valence-corrected chi connectivity index (χ0v) is 17.2. The summed E-state index contributed by atoms with van der Waals surface area (Å²) in [4.78, 5) is 16.3. The van der Waals surface area contributed by atoms with Gasteiger partial charge in [-0.25, -0.2) is 9.97 Å². The Morgan fingerprint density at radius 3 is 2.67 bits per heavy atom. The Kier molecular flexibility index (Phi) is 5.48. The monoisotopic (exact) mass is 402 g/mol. The van der Waals surface area contributed by atoms with E-state index in [1.165, 1.54) is 15.8 Å². The Balaban J connectivity index is 1.35. The second kappa shape index (κ2) is 8.00. The van der Waals surface area contributed by atoms with Gasteiger partial charge in [-0.15, -0.1) is 11.3 Å². The average molecular weight is 403 g/mol. The molecule has 1 saturated heterocycles. The minimum Gasteiger partial charge on any atom is -0.491 e. The van der Waals surface area contributed by atoms with Crippen LogP contribution in [0.1, 0.15) is 10.4 Å². The molecule has 0 N–H and O–H groups in total. The predicted molar refractivity (Wildman–Crippen MR) is 112 cm³/mol. The number of para-hydroxylation sites is 1. The SMILES string of the molecule is Cc1sc2ncnc(N3CCN(CCOc4ccccc4Cl)CC3)c2c1C. The first-order chi connectivity index (χ1) is 13.1. The molecule has 27 heavy (non-hydrogen) atoms. The highest BCUT2D eigenvalue weighted by Crippen LogP contribution is 2.34. The Morgan fingerprint density at radius 2 is 1.89 bits per heavy atom. The van der Waals surface area contributed by atoms with Crippen LogP contribution in [0.5, 0.6) is 5.75 Å². The van der Waals surface area contributed by atoms with E-state index in [9.17, 15) is 0 Å². The number of rotatable bonds is 5. The lowest BCUT2D eigenvalue weighted by Crippen LogP contribution is -2.47. The minimum absolute atomic E-state index is 0.643. The van der Waals surface area contributed by atoms with Gasteiger partial charge in [0.1, 0.15) is 29.3 Å². The molecule has 0 radical (unpaired) electrons. The number of piperazine rings is 1. The van der Waals surface area contributed by atoms with Crippen molar-refractivity contribution in [2.75, 3.05) is 44.2 Å². The van der Waals surface area contributed by atoms with Crippen molar-refractivity contribution in [3.63, 3.8) is 0 Å². The van der Waals surface area contributed by atoms with Crippen molar-refractivity contribution in [1.82, 2.24) is 14.9 Å². The van der Waals surface area contributed by atoms with Crippen LogP contribution in [0.4, 0.5) is 5.82 Å². The number of hydrogen-bond acceptors (Lipinski definition) is 6. The summed E-state index contributed by atoms with van der Waals surface area (Å²) in [5.41, 5.74) is 1.31. The van der Waals surface area contributed by atoms with Gasteiger partial charge in [0.05, 0.1) is 10.4 Å². The first-order valence-corrected chi connectivity index (χ1v) is 10.4. The molecule has 2 aromatic heterocycles. The highest BCUT2D eigenvalue weighted by Gasteiger charge is 2.22. The zero-order chi connectivity index (χ0) is 18.8. The first kappa shape index (κ1) is 18.5. The lowest BCUT2D eigenvalue weighted by atomic mass is 10.2. The normalized spacial score (nSPS) is 15.4. The van der Waals surface area contributed by atoms with E-state index < -0.39 is 0 Å². The van der Waals surface area contributed by atoms with Crippen molar-refractivity contribution in [1.29, 1.82) is 0 Å². The highest BCUT2D eigenvalue weighted by molar-refractivity contribution is 7.18. The third-order valence-electron chi connectivity index (χ3n) is 5.12. The molecule has 142 valence electrons. The van der Waals surface area contributed by atoms with Crippen molar-refractivity contribution in [2.24, 2.45) is 0 Å². The van der Waals surface area contributed by atoms with Gasteiger partial charge in [0, 0.05) is 37.6 Å². The van der Waals surface area contributed by atoms with Gasteiger partial charge in [-0.05, 0) is 31.5 Å². The maximum Gasteiger partial charge on any atom is 0.141 e. The largest absolute Gasteiger partial charge is 0.491 e. The molecule has 3 aromatic rings. The molecule has 3 heterocycles. The van der Waals surface area contributed by atoms with Crippen molar-refractivity contribution in [3.05, 3.63) is 46.1 Å². The number of hydrogen-bond donors (Lipinski definition) is 0. The first-order valence-electron chi connectivity index (χ1n) is 9.19. The summed E-state index contributed by atoms with van der Waals surface area (Å²) >= 11 is 7.89. The van der Waals surface area contributed by atoms with Crippen LogP contribution in [-0.4, -0.2) is 54.2 Å². The van der Waals surface area contributed by atoms with Crippen LogP contribution < -0.4 is 9.64 Å². The fourth-order valence-corrected chi connectivity index (χ4v) is 4.62. The molecule has 1 aliphatic rings. The summed E-state index contributed by atoms with van der Waals surface area (Å²) < 4.78 is 5.82. The molecular formula is C20H23ClN4OS. The third kappa shape index (κ3) is 3.88. The molecule has 0 saturated carbocycles. The number of thiophene rings is 1. The molecule has 0 aliphatic carbocycles. The topological polar surface area (TPSA) is 41.5 Å². The molecule has 4 rings (SSSR count). The lowest BCUT2D eigenvalue weighted by Gasteiger charge is -2.35. The van der Waals surface area contributed by atoms with Gasteiger partial charge in [0.25, 0.3) is 0 Å². The second-order valence-electron chi connectivity index (χ2n) is 6.77. The van der Waals surface area contributed by atoms with Crippen molar-refractivity contribution in [3.8, 4) is 5.75 Å². The van der Waals surface area contributed by atoms with Gasteiger partial charge in [0.15, 0.2) is 0 Å². The maximum absolute atomic E-state index is 6.14. The van der Waals surface area contributed by atoms with Crippen molar-refractivity contribution < 1.29 is 4.74 Å². The fourth-order valence-electron chi connectivity index (χ4n) is 3.43. The Labute approximate surface area is 168 Å². The molecule has 1 aromatic carbocycles. The number of benzene rings is 1. The molecule has 1 fully saturated rings. The number of ether oxygens (including phenoxy) is 1. The van der Waals surface area contributed by atoms with Crippen LogP contribution in [0.2, 0.25) is 5.02 Å². The van der Waals surface area contributed by atoms with Gasteiger partial charge in [-0.3, -0.25) is 4.90 Å². The molecule has 0 bridgehead atoms. The summed E-state index contributed by atoms with van der Waals surface area (Å²) in [6, 6.07) is 7.61. The number of halogens is 1. The van der Waals surface area contributed by atoms with Crippen LogP contribution >= 0.6 is 22.9 Å². The van der Waals surface area contributed by atoms with Gasteiger partial charge in [0.2, 0.25) is 0 Å². The Bertz CT molecular complexity index is 937. The standard InChI is InChI=1S/C20H23ClN4OS/c1-14-15(2)27-20-18(14)19(22-13-23-20)25-9-7-24(8-10-25)11-12-26-17-6-4-3-5-16(17)21/h3-6,13H,7-12H2,1-2H3. The van der Waals surface area contributed by atoms with Crippen LogP contribution in [0.15, 0.2) is 30.6 Å².